The Morgan fingerprint density at radius 1 is 1.14 bits per heavy atom. The molecule has 6 nitrogen and oxygen atoms in total. The maximum absolute atomic E-state index is 13.5. The van der Waals surface area contributed by atoms with Crippen molar-refractivity contribution in [3.63, 3.8) is 0 Å². The zero-order valence-corrected chi connectivity index (χ0v) is 21.3. The van der Waals surface area contributed by atoms with Gasteiger partial charge in [0.15, 0.2) is 6.10 Å². The number of hydrogen-bond acceptors (Lipinski definition) is 5. The monoisotopic (exact) mass is 511 g/mol. The third-order valence-electron chi connectivity index (χ3n) is 5.77. The summed E-state index contributed by atoms with van der Waals surface area (Å²) in [6.45, 7) is 8.73. The number of aromatic nitrogens is 1. The second-order valence-electron chi connectivity index (χ2n) is 8.09. The Hall–Kier alpha value is -3.84. The molecule has 1 unspecified atom stereocenters. The number of benzene rings is 2. The Morgan fingerprint density at radius 2 is 1.81 bits per heavy atom. The first-order valence-corrected chi connectivity index (χ1v) is 11.6. The van der Waals surface area contributed by atoms with Crippen molar-refractivity contribution in [2.24, 2.45) is 0 Å². The summed E-state index contributed by atoms with van der Waals surface area (Å²) in [7, 11) is 1.59. The van der Waals surface area contributed by atoms with Gasteiger partial charge < -0.3 is 9.47 Å². The SMILES string of the molecule is C=C(Cl)/C=C\C(=C/C)C(=O)n1c(C)c(Cc2ccc(OC(C)C(=O)OF)cc2)c2cc(OC)ccc21. The van der Waals surface area contributed by atoms with Gasteiger partial charge in [-0.2, -0.15) is 0 Å². The highest BCUT2D eigenvalue weighted by molar-refractivity contribution is 6.30. The Balaban J connectivity index is 2.01. The van der Waals surface area contributed by atoms with Gasteiger partial charge in [0.1, 0.15) is 11.5 Å². The van der Waals surface area contributed by atoms with E-state index in [-0.39, 0.29) is 5.91 Å². The van der Waals surface area contributed by atoms with E-state index in [1.165, 1.54) is 6.92 Å². The zero-order chi connectivity index (χ0) is 26.4. The molecule has 1 heterocycles. The van der Waals surface area contributed by atoms with Gasteiger partial charge in [-0.3, -0.25) is 14.3 Å². The lowest BCUT2D eigenvalue weighted by atomic mass is 10.0. The van der Waals surface area contributed by atoms with Crippen molar-refractivity contribution in [1.29, 1.82) is 0 Å². The molecule has 0 bridgehead atoms. The van der Waals surface area contributed by atoms with Crippen LogP contribution >= 0.6 is 11.6 Å². The lowest BCUT2D eigenvalue weighted by Crippen LogP contribution is -2.23. The second-order valence-corrected chi connectivity index (χ2v) is 8.57. The van der Waals surface area contributed by atoms with E-state index >= 15 is 0 Å². The first-order valence-electron chi connectivity index (χ1n) is 11.2. The van der Waals surface area contributed by atoms with E-state index in [0.717, 1.165) is 27.7 Å². The van der Waals surface area contributed by atoms with Gasteiger partial charge in [-0.15, -0.1) is 0 Å². The smallest absolute Gasteiger partial charge is 0.388 e. The minimum atomic E-state index is -1.10. The molecule has 0 amide bonds. The minimum Gasteiger partial charge on any atom is -0.497 e. The first-order chi connectivity index (χ1) is 17.2. The Labute approximate surface area is 214 Å². The standard InChI is InChI=1S/C28H27ClFNO5/c1-6-21(10-7-17(2)29)27(32)31-18(3)24(25-16-23(34-5)13-14-26(25)31)15-20-8-11-22(12-9-20)35-19(4)28(33)36-30/h6-14,16,19H,2,15H2,1,3-5H3/b10-7-,21-6+. The van der Waals surface area contributed by atoms with Crippen LogP contribution in [0.4, 0.5) is 4.53 Å². The highest BCUT2D eigenvalue weighted by atomic mass is 35.5. The molecule has 0 saturated carbocycles. The van der Waals surface area contributed by atoms with Gasteiger partial charge in [0.25, 0.3) is 5.91 Å². The van der Waals surface area contributed by atoms with Gasteiger partial charge in [0.05, 0.1) is 12.6 Å². The summed E-state index contributed by atoms with van der Waals surface area (Å²) in [5, 5.41) is 1.21. The molecule has 0 N–H and O–H groups in total. The van der Waals surface area contributed by atoms with Crippen LogP contribution in [0.5, 0.6) is 11.5 Å². The number of hydrogen-bond donors (Lipinski definition) is 0. The molecule has 0 saturated heterocycles. The predicted molar refractivity (Wildman–Crippen MR) is 138 cm³/mol. The van der Waals surface area contributed by atoms with E-state index in [2.05, 4.69) is 11.5 Å². The average Bonchev–Trinajstić information content (AvgIpc) is 3.14. The molecule has 0 spiro atoms. The third kappa shape index (κ3) is 5.86. The van der Waals surface area contributed by atoms with Crippen molar-refractivity contribution >= 4 is 34.4 Å². The number of allylic oxidation sites excluding steroid dienone is 5. The van der Waals surface area contributed by atoms with Crippen molar-refractivity contribution in [2.75, 3.05) is 7.11 Å². The summed E-state index contributed by atoms with van der Waals surface area (Å²) in [5.74, 6) is -0.219. The molecule has 3 rings (SSSR count). The fourth-order valence-electron chi connectivity index (χ4n) is 3.88. The molecule has 0 radical (unpaired) electrons. The summed E-state index contributed by atoms with van der Waals surface area (Å²) in [5.41, 5.74) is 3.93. The highest BCUT2D eigenvalue weighted by Crippen LogP contribution is 2.32. The summed E-state index contributed by atoms with van der Waals surface area (Å²) in [6.07, 6.45) is 4.40. The van der Waals surface area contributed by atoms with Crippen LogP contribution in [0.15, 0.2) is 77.9 Å². The number of halogens is 2. The summed E-state index contributed by atoms with van der Waals surface area (Å²) in [4.78, 5) is 28.0. The average molecular weight is 512 g/mol. The van der Waals surface area contributed by atoms with E-state index in [4.69, 9.17) is 21.1 Å². The molecule has 3 aromatic rings. The molecule has 0 fully saturated rings. The number of carbonyl (C=O) groups is 2. The molecule has 0 aliphatic carbocycles. The zero-order valence-electron chi connectivity index (χ0n) is 20.5. The summed E-state index contributed by atoms with van der Waals surface area (Å²) >= 11 is 5.86. The molecule has 8 heteroatoms. The number of rotatable bonds is 9. The van der Waals surface area contributed by atoms with Crippen molar-refractivity contribution in [2.45, 2.75) is 33.3 Å². The maximum Gasteiger partial charge on any atom is 0.388 e. The van der Waals surface area contributed by atoms with E-state index in [9.17, 15) is 14.1 Å². The number of nitrogens with zero attached hydrogens (tertiary/aromatic N) is 1. The van der Waals surface area contributed by atoms with Crippen LogP contribution in [0, 0.1) is 6.92 Å². The summed E-state index contributed by atoms with van der Waals surface area (Å²) in [6, 6.07) is 12.7. The molecule has 36 heavy (non-hydrogen) atoms. The second kappa shape index (κ2) is 11.7. The van der Waals surface area contributed by atoms with Crippen LogP contribution < -0.4 is 9.47 Å². The predicted octanol–water partition coefficient (Wildman–Crippen LogP) is 6.64. The Kier molecular flexibility index (Phi) is 8.72. The number of methoxy groups -OCH3 is 1. The topological polar surface area (TPSA) is 66.8 Å². The Morgan fingerprint density at radius 3 is 2.39 bits per heavy atom. The summed E-state index contributed by atoms with van der Waals surface area (Å²) < 4.78 is 24.6. The largest absolute Gasteiger partial charge is 0.497 e. The van der Waals surface area contributed by atoms with Crippen LogP contribution in [0.2, 0.25) is 0 Å². The normalized spacial score (nSPS) is 12.6. The fraction of sp³-hybridized carbons (Fsp3) is 0.214. The quantitative estimate of drug-likeness (QED) is 0.238. The van der Waals surface area contributed by atoms with Crippen molar-refractivity contribution in [3.05, 3.63) is 94.7 Å². The first kappa shape index (κ1) is 26.8. The highest BCUT2D eigenvalue weighted by Gasteiger charge is 2.21. The number of fused-ring (bicyclic) bond motifs is 1. The van der Waals surface area contributed by atoms with Crippen molar-refractivity contribution in [3.8, 4) is 11.5 Å². The number of ether oxygens (including phenoxy) is 2. The lowest BCUT2D eigenvalue weighted by molar-refractivity contribution is -0.191. The van der Waals surface area contributed by atoms with Gasteiger partial charge in [-0.05, 0) is 80.8 Å². The Bertz CT molecular complexity index is 1350. The molecule has 0 aliphatic heterocycles. The molecule has 1 atom stereocenters. The van der Waals surface area contributed by atoms with E-state index < -0.39 is 12.1 Å². The maximum atomic E-state index is 13.5. The lowest BCUT2D eigenvalue weighted by Gasteiger charge is -2.11. The number of carbonyl (C=O) groups excluding carboxylic acids is 2. The molecule has 2 aromatic carbocycles. The van der Waals surface area contributed by atoms with Gasteiger partial charge in [-0.1, -0.05) is 36.4 Å². The van der Waals surface area contributed by atoms with Crippen LogP contribution in [-0.4, -0.2) is 29.7 Å². The minimum absolute atomic E-state index is 0.192. The van der Waals surface area contributed by atoms with Gasteiger partial charge in [0.2, 0.25) is 0 Å². The molecule has 1 aromatic heterocycles. The molecule has 188 valence electrons. The molecular formula is C28H27ClFNO5. The van der Waals surface area contributed by atoms with E-state index in [1.54, 1.807) is 49.0 Å². The van der Waals surface area contributed by atoms with Crippen LogP contribution in [-0.2, 0) is 16.2 Å². The fourth-order valence-corrected chi connectivity index (χ4v) is 3.94. The van der Waals surface area contributed by atoms with Crippen molar-refractivity contribution < 1.29 is 28.5 Å². The van der Waals surface area contributed by atoms with E-state index in [0.29, 0.717) is 28.5 Å². The van der Waals surface area contributed by atoms with E-state index in [1.807, 2.05) is 37.3 Å². The van der Waals surface area contributed by atoms with Gasteiger partial charge in [0, 0.05) is 26.2 Å². The van der Waals surface area contributed by atoms with Crippen LogP contribution in [0.1, 0.15) is 35.5 Å². The van der Waals surface area contributed by atoms with Crippen LogP contribution in [0.3, 0.4) is 0 Å². The van der Waals surface area contributed by atoms with Crippen molar-refractivity contribution in [1.82, 2.24) is 4.57 Å². The van der Waals surface area contributed by atoms with Crippen LogP contribution in [0.25, 0.3) is 10.9 Å². The third-order valence-corrected chi connectivity index (χ3v) is 5.90. The van der Waals surface area contributed by atoms with Gasteiger partial charge >= 0.3 is 5.97 Å². The molecular weight excluding hydrogens is 485 g/mol. The van der Waals surface area contributed by atoms with Gasteiger partial charge in [-0.25, -0.2) is 4.79 Å². The molecule has 0 aliphatic rings.